The summed E-state index contributed by atoms with van der Waals surface area (Å²) in [7, 11) is 0. The average molecular weight is 440 g/mol. The summed E-state index contributed by atoms with van der Waals surface area (Å²) in [5, 5.41) is 27.1. The third-order valence-electron chi connectivity index (χ3n) is 5.10. The number of rotatable bonds is 4. The van der Waals surface area contributed by atoms with Gasteiger partial charge in [-0.15, -0.1) is 5.10 Å². The smallest absolute Gasteiger partial charge is 0.336 e. The lowest BCUT2D eigenvalue weighted by Crippen LogP contribution is -2.06. The van der Waals surface area contributed by atoms with E-state index < -0.39 is 11.9 Å². The molecule has 0 fully saturated rings. The number of H-pyrrole nitrogens is 1. The maximum atomic E-state index is 11.5. The van der Waals surface area contributed by atoms with Gasteiger partial charge in [0.1, 0.15) is 0 Å². The van der Waals surface area contributed by atoms with Gasteiger partial charge in [-0.05, 0) is 71.5 Å². The van der Waals surface area contributed by atoms with E-state index in [1.54, 1.807) is 17.8 Å². The molecule has 3 N–H and O–H groups in total. The number of aromatic amines is 1. The second-order valence-electron chi connectivity index (χ2n) is 7.29. The van der Waals surface area contributed by atoms with E-state index in [1.165, 1.54) is 12.1 Å². The minimum Gasteiger partial charge on any atom is -0.478 e. The molecule has 8 heteroatoms. The lowest BCUT2D eigenvalue weighted by molar-refractivity contribution is 0.0696. The van der Waals surface area contributed by atoms with E-state index in [0.29, 0.717) is 11.1 Å². The second kappa shape index (κ2) is 9.19. The van der Waals surface area contributed by atoms with Gasteiger partial charge < -0.3 is 15.2 Å². The molecule has 0 radical (unpaired) electrons. The molecule has 2 heterocycles. The first-order valence-corrected chi connectivity index (χ1v) is 10.0. The van der Waals surface area contributed by atoms with Crippen LogP contribution in [0.1, 0.15) is 26.3 Å². The monoisotopic (exact) mass is 440 g/mol. The second-order valence-corrected chi connectivity index (χ2v) is 7.29. The number of aryl methyl sites for hydroxylation is 1. The normalized spacial score (nSPS) is 10.5. The Morgan fingerprint density at radius 2 is 1.73 bits per heavy atom. The van der Waals surface area contributed by atoms with Crippen molar-refractivity contribution in [3.8, 4) is 16.8 Å². The molecule has 0 aliphatic carbocycles. The van der Waals surface area contributed by atoms with Crippen molar-refractivity contribution in [1.82, 2.24) is 20.0 Å². The van der Waals surface area contributed by atoms with Gasteiger partial charge in [0.15, 0.2) is 0 Å². The van der Waals surface area contributed by atoms with Gasteiger partial charge in [0, 0.05) is 11.7 Å². The molecule has 0 amide bonds. The van der Waals surface area contributed by atoms with Crippen molar-refractivity contribution in [3.05, 3.63) is 102 Å². The topological polar surface area (TPSA) is 121 Å². The fourth-order valence-electron chi connectivity index (χ4n) is 3.60. The predicted molar refractivity (Wildman–Crippen MR) is 124 cm³/mol. The van der Waals surface area contributed by atoms with Crippen molar-refractivity contribution in [2.75, 3.05) is 0 Å². The summed E-state index contributed by atoms with van der Waals surface area (Å²) in [6, 6.07) is 20.1. The third-order valence-corrected chi connectivity index (χ3v) is 5.10. The lowest BCUT2D eigenvalue weighted by atomic mass is 9.92. The van der Waals surface area contributed by atoms with Gasteiger partial charge in [-0.2, -0.15) is 0 Å². The molecule has 2 aromatic heterocycles. The number of benzene rings is 3. The molecule has 0 aliphatic heterocycles. The highest BCUT2D eigenvalue weighted by atomic mass is 16.4. The summed E-state index contributed by atoms with van der Waals surface area (Å²) in [5.41, 5.74) is 3.87. The zero-order valence-electron chi connectivity index (χ0n) is 17.6. The van der Waals surface area contributed by atoms with Crippen LogP contribution in [0, 0.1) is 6.92 Å². The summed E-state index contributed by atoms with van der Waals surface area (Å²) in [6.45, 7) is 1.72. The quantitative estimate of drug-likeness (QED) is 0.369. The molecule has 0 spiro atoms. The molecular formula is C25H20N4O4. The van der Waals surface area contributed by atoms with Crippen LogP contribution >= 0.6 is 0 Å². The SMILES string of the molecule is Cc1cc(C(=O)O)cc(C(=O)O)c1-c1ccc2[nH]ccc2c1.c1ccc(-n2ccnn2)cc1. The molecule has 3 aromatic carbocycles. The molecule has 0 bridgehead atoms. The van der Waals surface area contributed by atoms with Crippen LogP contribution < -0.4 is 0 Å². The average Bonchev–Trinajstić information content (AvgIpc) is 3.51. The molecular weight excluding hydrogens is 420 g/mol. The highest BCUT2D eigenvalue weighted by Gasteiger charge is 2.18. The largest absolute Gasteiger partial charge is 0.478 e. The minimum absolute atomic E-state index is 0.00714. The number of hydrogen-bond acceptors (Lipinski definition) is 4. The number of para-hydroxylation sites is 1. The molecule has 164 valence electrons. The maximum absolute atomic E-state index is 11.5. The Morgan fingerprint density at radius 3 is 2.39 bits per heavy atom. The Kier molecular flexibility index (Phi) is 5.99. The summed E-state index contributed by atoms with van der Waals surface area (Å²) in [5.74, 6) is -2.28. The number of aromatic nitrogens is 4. The van der Waals surface area contributed by atoms with Crippen LogP contribution in [0.5, 0.6) is 0 Å². The van der Waals surface area contributed by atoms with Crippen molar-refractivity contribution in [3.63, 3.8) is 0 Å². The molecule has 5 aromatic rings. The molecule has 0 unspecified atom stereocenters. The van der Waals surface area contributed by atoms with Crippen LogP contribution in [0.15, 0.2) is 85.3 Å². The summed E-state index contributed by atoms with van der Waals surface area (Å²) < 4.78 is 1.72. The lowest BCUT2D eigenvalue weighted by Gasteiger charge is -2.12. The van der Waals surface area contributed by atoms with E-state index in [2.05, 4.69) is 15.3 Å². The zero-order chi connectivity index (χ0) is 23.4. The number of carbonyl (C=O) groups is 2. The summed E-state index contributed by atoms with van der Waals surface area (Å²) >= 11 is 0. The van der Waals surface area contributed by atoms with Crippen LogP contribution in [0.3, 0.4) is 0 Å². The number of carboxylic acids is 2. The molecule has 0 saturated carbocycles. The number of carboxylic acid groups (broad SMARTS) is 2. The van der Waals surface area contributed by atoms with Crippen LogP contribution in [0.4, 0.5) is 0 Å². The van der Waals surface area contributed by atoms with E-state index in [9.17, 15) is 14.7 Å². The van der Waals surface area contributed by atoms with Gasteiger partial charge in [-0.1, -0.05) is 29.5 Å². The van der Waals surface area contributed by atoms with Gasteiger partial charge in [0.25, 0.3) is 0 Å². The number of hydrogen-bond donors (Lipinski definition) is 3. The van der Waals surface area contributed by atoms with Crippen molar-refractivity contribution in [2.45, 2.75) is 6.92 Å². The molecule has 0 aliphatic rings. The van der Waals surface area contributed by atoms with Gasteiger partial charge in [-0.25, -0.2) is 14.3 Å². The van der Waals surface area contributed by atoms with Crippen LogP contribution in [0.25, 0.3) is 27.7 Å². The number of nitrogens with zero attached hydrogens (tertiary/aromatic N) is 3. The van der Waals surface area contributed by atoms with Crippen molar-refractivity contribution in [1.29, 1.82) is 0 Å². The van der Waals surface area contributed by atoms with Gasteiger partial charge in [-0.3, -0.25) is 0 Å². The highest BCUT2D eigenvalue weighted by molar-refractivity contribution is 6.01. The van der Waals surface area contributed by atoms with Crippen LogP contribution in [0.2, 0.25) is 0 Å². The summed E-state index contributed by atoms with van der Waals surface area (Å²) in [4.78, 5) is 25.7. The first kappa shape index (κ1) is 21.5. The van der Waals surface area contributed by atoms with E-state index >= 15 is 0 Å². The fourth-order valence-corrected chi connectivity index (χ4v) is 3.60. The fraction of sp³-hybridized carbons (Fsp3) is 0.0400. The predicted octanol–water partition coefficient (Wildman–Crippen LogP) is 4.81. The highest BCUT2D eigenvalue weighted by Crippen LogP contribution is 2.31. The molecule has 8 nitrogen and oxygen atoms in total. The number of fused-ring (bicyclic) bond motifs is 1. The minimum atomic E-state index is -1.14. The molecule has 5 rings (SSSR count). The van der Waals surface area contributed by atoms with Gasteiger partial charge in [0.2, 0.25) is 0 Å². The first-order chi connectivity index (χ1) is 15.9. The standard InChI is InChI=1S/C17H13NO4.C8H7N3/c1-9-6-12(16(19)20)8-13(17(21)22)15(9)11-2-3-14-10(7-11)4-5-18-14;1-2-4-8(5-3-1)11-7-6-9-10-11/h2-8,18H,1H3,(H,19,20)(H,21,22);1-7H. The van der Waals surface area contributed by atoms with Gasteiger partial charge in [0.05, 0.1) is 29.2 Å². The van der Waals surface area contributed by atoms with Crippen LogP contribution in [-0.4, -0.2) is 42.1 Å². The Hall–Kier alpha value is -4.72. The van der Waals surface area contributed by atoms with Crippen LogP contribution in [-0.2, 0) is 0 Å². The maximum Gasteiger partial charge on any atom is 0.336 e. The molecule has 0 atom stereocenters. The van der Waals surface area contributed by atoms with E-state index in [-0.39, 0.29) is 11.1 Å². The Labute approximate surface area is 188 Å². The number of aromatic carboxylic acids is 2. The first-order valence-electron chi connectivity index (χ1n) is 10.0. The van der Waals surface area contributed by atoms with Crippen molar-refractivity contribution in [2.24, 2.45) is 0 Å². The van der Waals surface area contributed by atoms with E-state index in [1.807, 2.05) is 67.0 Å². The Balaban J connectivity index is 0.000000196. The van der Waals surface area contributed by atoms with Gasteiger partial charge >= 0.3 is 11.9 Å². The number of nitrogens with one attached hydrogen (secondary N) is 1. The van der Waals surface area contributed by atoms with E-state index in [4.69, 9.17) is 5.11 Å². The van der Waals surface area contributed by atoms with Crippen molar-refractivity contribution >= 4 is 22.8 Å². The Bertz CT molecular complexity index is 1420. The third kappa shape index (κ3) is 4.64. The van der Waals surface area contributed by atoms with E-state index in [0.717, 1.165) is 22.2 Å². The zero-order valence-corrected chi connectivity index (χ0v) is 17.6. The summed E-state index contributed by atoms with van der Waals surface area (Å²) in [6.07, 6.45) is 5.29. The Morgan fingerprint density at radius 1 is 0.939 bits per heavy atom. The van der Waals surface area contributed by atoms with Crippen molar-refractivity contribution < 1.29 is 19.8 Å². The molecule has 33 heavy (non-hydrogen) atoms. The molecule has 0 saturated heterocycles.